The Labute approximate surface area is 111 Å². The SMILES string of the molecule is N#Cc1ccc(C#N)c2c1=NC(C(F)(F)F)N=2.[LiH]. The van der Waals surface area contributed by atoms with Crippen molar-refractivity contribution in [1.82, 2.24) is 0 Å². The van der Waals surface area contributed by atoms with Crippen molar-refractivity contribution in [2.24, 2.45) is 9.98 Å². The van der Waals surface area contributed by atoms with Crippen molar-refractivity contribution >= 4 is 18.9 Å². The van der Waals surface area contributed by atoms with Gasteiger partial charge < -0.3 is 0 Å². The Kier molecular flexibility index (Phi) is 3.81. The van der Waals surface area contributed by atoms with Crippen LogP contribution in [0.25, 0.3) is 0 Å². The topological polar surface area (TPSA) is 72.3 Å². The first-order chi connectivity index (χ1) is 7.97. The fourth-order valence-corrected chi connectivity index (χ4v) is 1.44. The van der Waals surface area contributed by atoms with Crippen LogP contribution in [0.5, 0.6) is 0 Å². The second-order valence-corrected chi connectivity index (χ2v) is 3.25. The van der Waals surface area contributed by atoms with Crippen LogP contribution in [0.1, 0.15) is 11.1 Å². The fraction of sp³-hybridized carbons (Fsp3) is 0.200. The van der Waals surface area contributed by atoms with Gasteiger partial charge in [-0.2, -0.15) is 23.7 Å². The van der Waals surface area contributed by atoms with E-state index in [4.69, 9.17) is 10.5 Å². The molecular weight excluding hydrogens is 240 g/mol. The van der Waals surface area contributed by atoms with Crippen LogP contribution in [0.2, 0.25) is 0 Å². The fourth-order valence-electron chi connectivity index (χ4n) is 1.44. The predicted molar refractivity (Wildman–Crippen MR) is 55.2 cm³/mol. The molecule has 0 atom stereocenters. The van der Waals surface area contributed by atoms with Gasteiger partial charge in [-0.05, 0) is 12.1 Å². The van der Waals surface area contributed by atoms with Gasteiger partial charge in [0.15, 0.2) is 0 Å². The van der Waals surface area contributed by atoms with Gasteiger partial charge in [0, 0.05) is 0 Å². The molecule has 0 saturated carbocycles. The van der Waals surface area contributed by atoms with Crippen molar-refractivity contribution in [2.75, 3.05) is 0 Å². The third kappa shape index (κ3) is 2.24. The molecule has 0 radical (unpaired) electrons. The summed E-state index contributed by atoms with van der Waals surface area (Å²) in [6, 6.07) is 5.96. The Morgan fingerprint density at radius 3 is 1.67 bits per heavy atom. The number of rotatable bonds is 0. The first kappa shape index (κ1) is 14.2. The van der Waals surface area contributed by atoms with Crippen LogP contribution >= 0.6 is 0 Å². The van der Waals surface area contributed by atoms with E-state index in [2.05, 4.69) is 9.98 Å². The molecule has 0 fully saturated rings. The molecule has 0 spiro atoms. The van der Waals surface area contributed by atoms with Crippen molar-refractivity contribution in [2.45, 2.75) is 12.3 Å². The molecule has 1 aromatic rings. The van der Waals surface area contributed by atoms with Gasteiger partial charge in [0.25, 0.3) is 0 Å². The monoisotopic (exact) mass is 244 g/mol. The Morgan fingerprint density at radius 2 is 1.39 bits per heavy atom. The Balaban J connectivity index is 0.00000162. The number of benzene rings is 1. The molecule has 1 aromatic carbocycles. The first-order valence-corrected chi connectivity index (χ1v) is 4.43. The van der Waals surface area contributed by atoms with Crippen LogP contribution in [0.15, 0.2) is 22.1 Å². The van der Waals surface area contributed by atoms with Gasteiger partial charge in [-0.3, -0.25) is 0 Å². The summed E-state index contributed by atoms with van der Waals surface area (Å²) < 4.78 is 37.3. The van der Waals surface area contributed by atoms with Crippen molar-refractivity contribution in [1.29, 1.82) is 10.5 Å². The quantitative estimate of drug-likeness (QED) is 0.599. The molecule has 0 bridgehead atoms. The van der Waals surface area contributed by atoms with E-state index in [1.165, 1.54) is 12.1 Å². The van der Waals surface area contributed by atoms with Gasteiger partial charge in [0.05, 0.1) is 11.1 Å². The van der Waals surface area contributed by atoms with Crippen molar-refractivity contribution in [3.05, 3.63) is 34.0 Å². The molecule has 0 unspecified atom stereocenters. The zero-order valence-corrected chi connectivity index (χ0v) is 8.15. The van der Waals surface area contributed by atoms with Gasteiger partial charge in [-0.15, -0.1) is 0 Å². The molecule has 0 amide bonds. The van der Waals surface area contributed by atoms with E-state index in [1.54, 1.807) is 12.1 Å². The first-order valence-electron chi connectivity index (χ1n) is 4.43. The molecule has 0 aliphatic carbocycles. The number of alkyl halides is 3. The molecule has 0 N–H and O–H groups in total. The van der Waals surface area contributed by atoms with Crippen LogP contribution in [0.3, 0.4) is 0 Å². The maximum atomic E-state index is 12.4. The van der Waals surface area contributed by atoms with Crippen molar-refractivity contribution in [3.8, 4) is 12.1 Å². The molecule has 2 rings (SSSR count). The molecule has 4 nitrogen and oxygen atoms in total. The van der Waals surface area contributed by atoms with Crippen LogP contribution in [-0.2, 0) is 0 Å². The van der Waals surface area contributed by atoms with Gasteiger partial charge in [0.1, 0.15) is 22.9 Å². The third-order valence-corrected chi connectivity index (χ3v) is 2.19. The van der Waals surface area contributed by atoms with E-state index in [0.29, 0.717) is 0 Å². The van der Waals surface area contributed by atoms with E-state index < -0.39 is 12.3 Å². The third-order valence-electron chi connectivity index (χ3n) is 2.19. The summed E-state index contributed by atoms with van der Waals surface area (Å²) in [5.74, 6) is 0. The van der Waals surface area contributed by atoms with Crippen LogP contribution in [-0.4, -0.2) is 31.2 Å². The average Bonchev–Trinajstić information content (AvgIpc) is 2.72. The van der Waals surface area contributed by atoms with E-state index in [-0.39, 0.29) is 40.7 Å². The Morgan fingerprint density at radius 1 is 1.00 bits per heavy atom. The number of halogens is 3. The molecule has 18 heavy (non-hydrogen) atoms. The van der Waals surface area contributed by atoms with Crippen LogP contribution in [0.4, 0.5) is 13.2 Å². The van der Waals surface area contributed by atoms with E-state index >= 15 is 0 Å². The minimum absolute atomic E-state index is 0. The summed E-state index contributed by atoms with van der Waals surface area (Å²) in [5.41, 5.74) is -0.0380. The molecule has 0 aromatic heterocycles. The Hall–Kier alpha value is -1.81. The summed E-state index contributed by atoms with van der Waals surface area (Å²) in [5, 5.41) is 17.2. The number of nitrogens with zero attached hydrogens (tertiary/aromatic N) is 4. The van der Waals surface area contributed by atoms with Crippen molar-refractivity contribution < 1.29 is 13.2 Å². The molecule has 8 heteroatoms. The summed E-state index contributed by atoms with van der Waals surface area (Å²) in [6.07, 6.45) is -6.84. The van der Waals surface area contributed by atoms with Crippen LogP contribution < -0.4 is 10.7 Å². The predicted octanol–water partition coefficient (Wildman–Crippen LogP) is -0.0773. The number of fused-ring (bicyclic) bond motifs is 1. The molecular formula is C10H4F3LiN4. The van der Waals surface area contributed by atoms with E-state index in [1.807, 2.05) is 0 Å². The number of hydrogen-bond acceptors (Lipinski definition) is 4. The number of nitriles is 2. The summed E-state index contributed by atoms with van der Waals surface area (Å²) in [7, 11) is 0. The summed E-state index contributed by atoms with van der Waals surface area (Å²) in [4.78, 5) is 6.67. The van der Waals surface area contributed by atoms with Gasteiger partial charge >= 0.3 is 25.0 Å². The van der Waals surface area contributed by atoms with Gasteiger partial charge in [-0.25, -0.2) is 9.98 Å². The zero-order chi connectivity index (χ0) is 12.6. The standard InChI is InChI=1S/C10H3F3N4.Li.H/c11-10(12,13)9-16-7-5(3-14)1-2-6(4-15)8(7)17-9;;/h1-2,9H;;. The molecule has 0 saturated heterocycles. The number of hydrogen-bond donors (Lipinski definition) is 0. The molecule has 86 valence electrons. The molecule has 1 aliphatic heterocycles. The second kappa shape index (κ2) is 4.82. The average molecular weight is 244 g/mol. The Bertz CT molecular complexity index is 628. The van der Waals surface area contributed by atoms with Crippen molar-refractivity contribution in [3.63, 3.8) is 0 Å². The van der Waals surface area contributed by atoms with Crippen LogP contribution in [0, 0.1) is 22.7 Å². The van der Waals surface area contributed by atoms with E-state index in [9.17, 15) is 13.2 Å². The molecule has 1 aliphatic rings. The molecule has 1 heterocycles. The normalized spacial score (nSPS) is 13.4. The zero-order valence-electron chi connectivity index (χ0n) is 8.15. The minimum atomic E-state index is -4.61. The van der Waals surface area contributed by atoms with Gasteiger partial charge in [-0.1, -0.05) is 0 Å². The summed E-state index contributed by atoms with van der Waals surface area (Å²) in [6.45, 7) is 0. The second-order valence-electron chi connectivity index (χ2n) is 3.25. The van der Waals surface area contributed by atoms with Gasteiger partial charge in [0.2, 0.25) is 6.17 Å². The van der Waals surface area contributed by atoms with E-state index in [0.717, 1.165) is 0 Å². The summed E-state index contributed by atoms with van der Waals surface area (Å²) >= 11 is 0. The maximum absolute atomic E-state index is 12.4.